The maximum absolute atomic E-state index is 6.17. The molecule has 0 amide bonds. The molecule has 80 valence electrons. The molecule has 1 atom stereocenters. The van der Waals surface area contributed by atoms with Crippen molar-refractivity contribution >= 4 is 0 Å². The fourth-order valence-electron chi connectivity index (χ4n) is 1.54. The van der Waals surface area contributed by atoms with Crippen molar-refractivity contribution in [2.75, 3.05) is 0 Å². The van der Waals surface area contributed by atoms with Crippen molar-refractivity contribution in [2.45, 2.75) is 52.6 Å². The van der Waals surface area contributed by atoms with E-state index in [2.05, 4.69) is 35.5 Å². The molecule has 0 radical (unpaired) electrons. The van der Waals surface area contributed by atoms with Gasteiger partial charge in [0.25, 0.3) is 0 Å². The molecule has 0 aliphatic carbocycles. The largest absolute Gasteiger partial charge is 0.319 e. The first-order valence-corrected chi connectivity index (χ1v) is 5.11. The van der Waals surface area contributed by atoms with Gasteiger partial charge in [-0.3, -0.25) is 0 Å². The topological polar surface area (TPSA) is 56.7 Å². The highest BCUT2D eigenvalue weighted by Crippen LogP contribution is 2.23. The maximum atomic E-state index is 6.17. The van der Waals surface area contributed by atoms with Crippen molar-refractivity contribution in [1.82, 2.24) is 14.8 Å². The monoisotopic (exact) mass is 196 g/mol. The smallest absolute Gasteiger partial charge is 0.153 e. The van der Waals surface area contributed by atoms with Gasteiger partial charge >= 0.3 is 0 Å². The molecule has 0 bridgehead atoms. The van der Waals surface area contributed by atoms with Gasteiger partial charge in [0, 0.05) is 6.04 Å². The summed E-state index contributed by atoms with van der Waals surface area (Å²) in [6.07, 6.45) is 0.859. The number of rotatable bonds is 3. The summed E-state index contributed by atoms with van der Waals surface area (Å²) < 4.78 is 2.10. The first-order valence-electron chi connectivity index (χ1n) is 5.11. The van der Waals surface area contributed by atoms with Crippen LogP contribution in [-0.4, -0.2) is 14.8 Å². The second-order valence-electron chi connectivity index (χ2n) is 4.31. The lowest BCUT2D eigenvalue weighted by molar-refractivity contribution is 0.402. The first-order chi connectivity index (χ1) is 6.40. The van der Waals surface area contributed by atoms with Crippen LogP contribution in [0.3, 0.4) is 0 Å². The average Bonchev–Trinajstić information content (AvgIpc) is 2.47. The van der Waals surface area contributed by atoms with Crippen molar-refractivity contribution in [3.05, 3.63) is 11.6 Å². The normalized spacial score (nSPS) is 15.9. The number of nitrogens with two attached hydrogens (primary N) is 1. The van der Waals surface area contributed by atoms with Crippen LogP contribution in [0.1, 0.15) is 51.8 Å². The minimum atomic E-state index is -0.383. The van der Waals surface area contributed by atoms with E-state index in [1.165, 1.54) is 0 Å². The van der Waals surface area contributed by atoms with Crippen LogP contribution in [0.5, 0.6) is 0 Å². The quantitative estimate of drug-likeness (QED) is 0.801. The fraction of sp³-hybridized carbons (Fsp3) is 0.800. The zero-order valence-electron chi connectivity index (χ0n) is 9.70. The molecule has 14 heavy (non-hydrogen) atoms. The van der Waals surface area contributed by atoms with Gasteiger partial charge in [0.1, 0.15) is 5.82 Å². The standard InChI is InChI=1S/C10H20N4/c1-6-10(5,11)9-13-12-8(4)14(9)7(2)3/h7H,6,11H2,1-5H3. The molecule has 4 nitrogen and oxygen atoms in total. The summed E-state index contributed by atoms with van der Waals surface area (Å²) in [7, 11) is 0. The second-order valence-corrected chi connectivity index (χ2v) is 4.31. The van der Waals surface area contributed by atoms with Gasteiger partial charge in [-0.1, -0.05) is 6.92 Å². The molecule has 1 aromatic rings. The van der Waals surface area contributed by atoms with Crippen LogP contribution in [-0.2, 0) is 5.54 Å². The molecule has 1 heterocycles. The Kier molecular flexibility index (Phi) is 2.95. The van der Waals surface area contributed by atoms with E-state index in [1.54, 1.807) is 0 Å². The van der Waals surface area contributed by atoms with E-state index in [1.807, 2.05) is 13.8 Å². The first kappa shape index (κ1) is 11.2. The zero-order valence-corrected chi connectivity index (χ0v) is 9.70. The van der Waals surface area contributed by atoms with Crippen molar-refractivity contribution in [1.29, 1.82) is 0 Å². The molecule has 0 aromatic carbocycles. The Balaban J connectivity index is 3.22. The molecule has 0 saturated heterocycles. The minimum Gasteiger partial charge on any atom is -0.319 e. The Labute approximate surface area is 85.5 Å². The van der Waals surface area contributed by atoms with E-state index in [9.17, 15) is 0 Å². The summed E-state index contributed by atoms with van der Waals surface area (Å²) in [5, 5.41) is 8.25. The predicted molar refractivity (Wildman–Crippen MR) is 57.0 cm³/mol. The van der Waals surface area contributed by atoms with Gasteiger partial charge in [0.15, 0.2) is 5.82 Å². The third-order valence-corrected chi connectivity index (χ3v) is 2.63. The van der Waals surface area contributed by atoms with Gasteiger partial charge in [-0.25, -0.2) is 0 Å². The van der Waals surface area contributed by atoms with Crippen LogP contribution in [0.4, 0.5) is 0 Å². The lowest BCUT2D eigenvalue weighted by Gasteiger charge is -2.24. The van der Waals surface area contributed by atoms with E-state index < -0.39 is 0 Å². The van der Waals surface area contributed by atoms with Crippen LogP contribution in [0.25, 0.3) is 0 Å². The van der Waals surface area contributed by atoms with Gasteiger partial charge in [-0.05, 0) is 34.1 Å². The molecular formula is C10H20N4. The van der Waals surface area contributed by atoms with Gasteiger partial charge in [-0.15, -0.1) is 10.2 Å². The number of hydrogen-bond acceptors (Lipinski definition) is 3. The number of hydrogen-bond donors (Lipinski definition) is 1. The van der Waals surface area contributed by atoms with Gasteiger partial charge in [0.05, 0.1) is 5.54 Å². The van der Waals surface area contributed by atoms with Crippen molar-refractivity contribution in [3.8, 4) is 0 Å². The molecule has 1 rings (SSSR count). The van der Waals surface area contributed by atoms with Crippen LogP contribution in [0, 0.1) is 6.92 Å². The molecule has 0 spiro atoms. The zero-order chi connectivity index (χ0) is 10.9. The molecule has 0 aliphatic rings. The Hall–Kier alpha value is -0.900. The van der Waals surface area contributed by atoms with Crippen molar-refractivity contribution < 1.29 is 0 Å². The van der Waals surface area contributed by atoms with Crippen LogP contribution in [0.2, 0.25) is 0 Å². The summed E-state index contributed by atoms with van der Waals surface area (Å²) in [4.78, 5) is 0. The summed E-state index contributed by atoms with van der Waals surface area (Å²) in [6.45, 7) is 10.3. The highest BCUT2D eigenvalue weighted by atomic mass is 15.3. The molecule has 0 aliphatic heterocycles. The minimum absolute atomic E-state index is 0.356. The Morgan fingerprint density at radius 2 is 2.00 bits per heavy atom. The Morgan fingerprint density at radius 1 is 1.43 bits per heavy atom. The van der Waals surface area contributed by atoms with Crippen molar-refractivity contribution in [2.24, 2.45) is 5.73 Å². The molecule has 1 aromatic heterocycles. The van der Waals surface area contributed by atoms with E-state index in [-0.39, 0.29) is 5.54 Å². The summed E-state index contributed by atoms with van der Waals surface area (Å²) in [5.41, 5.74) is 5.78. The number of nitrogens with zero attached hydrogens (tertiary/aromatic N) is 3. The highest BCUT2D eigenvalue weighted by molar-refractivity contribution is 5.07. The Bertz CT molecular complexity index is 312. The second kappa shape index (κ2) is 3.69. The number of aromatic nitrogens is 3. The van der Waals surface area contributed by atoms with Gasteiger partial charge in [0.2, 0.25) is 0 Å². The lowest BCUT2D eigenvalue weighted by atomic mass is 9.99. The summed E-state index contributed by atoms with van der Waals surface area (Å²) >= 11 is 0. The summed E-state index contributed by atoms with van der Waals surface area (Å²) in [5.74, 6) is 1.81. The number of aryl methyl sites for hydroxylation is 1. The van der Waals surface area contributed by atoms with E-state index in [0.717, 1.165) is 18.1 Å². The third kappa shape index (κ3) is 1.80. The fourth-order valence-corrected chi connectivity index (χ4v) is 1.54. The third-order valence-electron chi connectivity index (χ3n) is 2.63. The SMILES string of the molecule is CCC(C)(N)c1nnc(C)n1C(C)C. The molecule has 2 N–H and O–H groups in total. The molecule has 0 saturated carbocycles. The highest BCUT2D eigenvalue weighted by Gasteiger charge is 2.27. The average molecular weight is 196 g/mol. The molecule has 0 fully saturated rings. The van der Waals surface area contributed by atoms with Crippen LogP contribution >= 0.6 is 0 Å². The van der Waals surface area contributed by atoms with Crippen LogP contribution in [0.15, 0.2) is 0 Å². The lowest BCUT2D eigenvalue weighted by Crippen LogP contribution is -2.36. The Morgan fingerprint density at radius 3 is 2.43 bits per heavy atom. The van der Waals surface area contributed by atoms with Crippen LogP contribution < -0.4 is 5.73 Å². The molecule has 1 unspecified atom stereocenters. The van der Waals surface area contributed by atoms with E-state index >= 15 is 0 Å². The van der Waals surface area contributed by atoms with Gasteiger partial charge in [-0.2, -0.15) is 0 Å². The van der Waals surface area contributed by atoms with Gasteiger partial charge < -0.3 is 10.3 Å². The maximum Gasteiger partial charge on any atom is 0.153 e. The molecule has 4 heteroatoms. The van der Waals surface area contributed by atoms with E-state index in [0.29, 0.717) is 6.04 Å². The molecular weight excluding hydrogens is 176 g/mol. The van der Waals surface area contributed by atoms with Crippen molar-refractivity contribution in [3.63, 3.8) is 0 Å². The van der Waals surface area contributed by atoms with E-state index in [4.69, 9.17) is 5.73 Å². The predicted octanol–water partition coefficient (Wildman–Crippen LogP) is 1.75. The summed E-state index contributed by atoms with van der Waals surface area (Å²) in [6, 6.07) is 0.356.